The molecule has 1 amide bonds. The van der Waals surface area contributed by atoms with Gasteiger partial charge in [-0.1, -0.05) is 49.4 Å². The average molecular weight is 379 g/mol. The van der Waals surface area contributed by atoms with E-state index in [0.717, 1.165) is 23.2 Å². The number of non-ortho nitro benzene ring substituents is 1. The Morgan fingerprint density at radius 3 is 2.46 bits per heavy atom. The van der Waals surface area contributed by atoms with Crippen molar-refractivity contribution in [2.24, 2.45) is 0 Å². The number of aromatic nitrogens is 1. The maximum atomic E-state index is 12.5. The molecule has 0 bridgehead atoms. The fourth-order valence-electron chi connectivity index (χ4n) is 2.86. The zero-order valence-corrected chi connectivity index (χ0v) is 15.5. The number of carbonyl (C=O) groups excluding carboxylic acids is 1. The van der Waals surface area contributed by atoms with Crippen LogP contribution in [0, 0.1) is 10.1 Å². The number of oxazole rings is 1. The van der Waals surface area contributed by atoms with Crippen molar-refractivity contribution in [1.82, 2.24) is 10.3 Å². The number of nitrogens with one attached hydrogen (secondary N) is 1. The van der Waals surface area contributed by atoms with Crippen molar-refractivity contribution in [1.29, 1.82) is 0 Å². The quantitative estimate of drug-likeness (QED) is 0.474. The number of hydrogen-bond acceptors (Lipinski definition) is 5. The molecule has 0 spiro atoms. The Kier molecular flexibility index (Phi) is 6.16. The molecule has 0 fully saturated rings. The van der Waals surface area contributed by atoms with Crippen molar-refractivity contribution in [2.45, 2.75) is 32.2 Å². The molecule has 7 heteroatoms. The van der Waals surface area contributed by atoms with E-state index >= 15 is 0 Å². The van der Waals surface area contributed by atoms with Gasteiger partial charge in [-0.15, -0.1) is 0 Å². The number of nitro benzene ring substituents is 1. The van der Waals surface area contributed by atoms with Gasteiger partial charge in [-0.2, -0.15) is 0 Å². The topological polar surface area (TPSA) is 98.3 Å². The summed E-state index contributed by atoms with van der Waals surface area (Å²) in [5.74, 6) is 0.283. The van der Waals surface area contributed by atoms with Gasteiger partial charge in [0.25, 0.3) is 5.69 Å². The molecule has 0 aliphatic rings. The lowest BCUT2D eigenvalue weighted by Crippen LogP contribution is -2.31. The Bertz CT molecular complexity index is 936. The first kappa shape index (κ1) is 19.3. The van der Waals surface area contributed by atoms with E-state index in [1.165, 1.54) is 12.1 Å². The highest BCUT2D eigenvalue weighted by atomic mass is 16.6. The molecule has 0 aliphatic heterocycles. The molecule has 1 aromatic heterocycles. The molecular formula is C21H21N3O4. The molecule has 1 atom stereocenters. The second kappa shape index (κ2) is 8.94. The number of aryl methyl sites for hydroxylation is 1. The van der Waals surface area contributed by atoms with Crippen LogP contribution >= 0.6 is 0 Å². The third kappa shape index (κ3) is 5.03. The summed E-state index contributed by atoms with van der Waals surface area (Å²) in [5, 5.41) is 13.8. The summed E-state index contributed by atoms with van der Waals surface area (Å²) in [5.41, 5.74) is 2.58. The molecule has 1 heterocycles. The van der Waals surface area contributed by atoms with E-state index in [1.807, 2.05) is 37.3 Å². The van der Waals surface area contributed by atoms with E-state index in [4.69, 9.17) is 4.42 Å². The van der Waals surface area contributed by atoms with Gasteiger partial charge in [0.15, 0.2) is 0 Å². The van der Waals surface area contributed by atoms with Crippen LogP contribution in [-0.4, -0.2) is 15.8 Å². The second-order valence-electron chi connectivity index (χ2n) is 6.44. The van der Waals surface area contributed by atoms with Gasteiger partial charge in [0.2, 0.25) is 11.8 Å². The Morgan fingerprint density at radius 1 is 1.14 bits per heavy atom. The van der Waals surface area contributed by atoms with Gasteiger partial charge >= 0.3 is 0 Å². The highest BCUT2D eigenvalue weighted by molar-refractivity contribution is 5.78. The largest absolute Gasteiger partial charge is 0.446 e. The Morgan fingerprint density at radius 2 is 1.86 bits per heavy atom. The van der Waals surface area contributed by atoms with Gasteiger partial charge in [-0.3, -0.25) is 14.9 Å². The predicted molar refractivity (Wildman–Crippen MR) is 104 cm³/mol. The van der Waals surface area contributed by atoms with Crippen LogP contribution in [0.3, 0.4) is 0 Å². The van der Waals surface area contributed by atoms with Crippen LogP contribution in [0.25, 0.3) is 0 Å². The number of rotatable bonds is 8. The molecule has 0 radical (unpaired) electrons. The Balaban J connectivity index is 1.76. The number of nitrogens with zero attached hydrogens (tertiary/aromatic N) is 2. The van der Waals surface area contributed by atoms with Crippen molar-refractivity contribution in [3.8, 4) is 0 Å². The summed E-state index contributed by atoms with van der Waals surface area (Å²) < 4.78 is 5.57. The molecule has 0 aliphatic carbocycles. The lowest BCUT2D eigenvalue weighted by Gasteiger charge is -2.16. The van der Waals surface area contributed by atoms with Crippen LogP contribution in [0.1, 0.15) is 35.7 Å². The summed E-state index contributed by atoms with van der Waals surface area (Å²) in [6, 6.07) is 15.3. The lowest BCUT2D eigenvalue weighted by atomic mass is 10.0. The Labute approximate surface area is 162 Å². The van der Waals surface area contributed by atoms with E-state index in [9.17, 15) is 14.9 Å². The first-order valence-corrected chi connectivity index (χ1v) is 9.06. The second-order valence-corrected chi connectivity index (χ2v) is 6.44. The fourth-order valence-corrected chi connectivity index (χ4v) is 2.86. The molecule has 1 N–H and O–H groups in total. The van der Waals surface area contributed by atoms with E-state index in [0.29, 0.717) is 12.3 Å². The fraction of sp³-hybridized carbons (Fsp3) is 0.238. The van der Waals surface area contributed by atoms with Crippen LogP contribution in [-0.2, 0) is 24.1 Å². The highest BCUT2D eigenvalue weighted by Gasteiger charge is 2.21. The molecule has 0 unspecified atom stereocenters. The standard InChI is InChI=1S/C21H21N3O4/c1-2-17-14-28-21(22-17)19(12-16-8-10-18(11-9-16)24(26)27)23-20(25)13-15-6-4-3-5-7-15/h3-11,14,19H,2,12-13H2,1H3,(H,23,25)/t19-/m0/s1. The van der Waals surface area contributed by atoms with E-state index in [1.54, 1.807) is 18.4 Å². The number of amides is 1. The van der Waals surface area contributed by atoms with Gasteiger partial charge in [0.1, 0.15) is 12.3 Å². The van der Waals surface area contributed by atoms with Gasteiger partial charge in [-0.25, -0.2) is 4.98 Å². The monoisotopic (exact) mass is 379 g/mol. The maximum absolute atomic E-state index is 12.5. The number of hydrogen-bond donors (Lipinski definition) is 1. The van der Waals surface area contributed by atoms with Crippen LogP contribution in [0.5, 0.6) is 0 Å². The minimum absolute atomic E-state index is 0.0257. The zero-order chi connectivity index (χ0) is 19.9. The minimum atomic E-state index is -0.460. The summed E-state index contributed by atoms with van der Waals surface area (Å²) >= 11 is 0. The zero-order valence-electron chi connectivity index (χ0n) is 15.5. The SMILES string of the molecule is CCc1coc([C@H](Cc2ccc([N+](=O)[O-])cc2)NC(=O)Cc2ccccc2)n1. The van der Waals surface area contributed by atoms with Crippen molar-refractivity contribution < 1.29 is 14.1 Å². The van der Waals surface area contributed by atoms with Gasteiger partial charge in [-0.05, 0) is 17.5 Å². The summed E-state index contributed by atoms with van der Waals surface area (Å²) in [4.78, 5) is 27.4. The van der Waals surface area contributed by atoms with Gasteiger partial charge in [0.05, 0.1) is 17.0 Å². The summed E-state index contributed by atoms with van der Waals surface area (Å²) in [6.45, 7) is 1.97. The van der Waals surface area contributed by atoms with E-state index in [2.05, 4.69) is 10.3 Å². The molecule has 0 saturated carbocycles. The lowest BCUT2D eigenvalue weighted by molar-refractivity contribution is -0.384. The number of benzene rings is 2. The third-order valence-corrected chi connectivity index (χ3v) is 4.36. The van der Waals surface area contributed by atoms with Crippen LogP contribution in [0.15, 0.2) is 65.3 Å². The average Bonchev–Trinajstić information content (AvgIpc) is 3.18. The summed E-state index contributed by atoms with van der Waals surface area (Å²) in [7, 11) is 0. The van der Waals surface area contributed by atoms with Gasteiger partial charge in [0, 0.05) is 18.6 Å². The van der Waals surface area contributed by atoms with Crippen molar-refractivity contribution >= 4 is 11.6 Å². The minimum Gasteiger partial charge on any atom is -0.446 e. The van der Waals surface area contributed by atoms with Gasteiger partial charge < -0.3 is 9.73 Å². The highest BCUT2D eigenvalue weighted by Crippen LogP contribution is 2.21. The van der Waals surface area contributed by atoms with E-state index < -0.39 is 11.0 Å². The van der Waals surface area contributed by atoms with Crippen molar-refractivity contribution in [3.05, 3.63) is 93.7 Å². The van der Waals surface area contributed by atoms with E-state index in [-0.39, 0.29) is 18.0 Å². The third-order valence-electron chi connectivity index (χ3n) is 4.36. The van der Waals surface area contributed by atoms with Crippen molar-refractivity contribution in [3.63, 3.8) is 0 Å². The smallest absolute Gasteiger partial charge is 0.269 e. The normalized spacial score (nSPS) is 11.8. The number of carbonyl (C=O) groups is 1. The summed E-state index contributed by atoms with van der Waals surface area (Å²) in [6.07, 6.45) is 2.98. The molecule has 3 rings (SSSR count). The van der Waals surface area contributed by atoms with Crippen molar-refractivity contribution in [2.75, 3.05) is 0 Å². The molecular weight excluding hydrogens is 358 g/mol. The molecule has 28 heavy (non-hydrogen) atoms. The molecule has 7 nitrogen and oxygen atoms in total. The molecule has 0 saturated heterocycles. The predicted octanol–water partition coefficient (Wildman–Crippen LogP) is 3.79. The first-order chi connectivity index (χ1) is 13.5. The number of nitro groups is 1. The molecule has 144 valence electrons. The Hall–Kier alpha value is -3.48. The first-order valence-electron chi connectivity index (χ1n) is 9.06. The molecule has 3 aromatic rings. The van der Waals surface area contributed by atoms with Crippen LogP contribution in [0.2, 0.25) is 0 Å². The van der Waals surface area contributed by atoms with Crippen LogP contribution in [0.4, 0.5) is 5.69 Å². The maximum Gasteiger partial charge on any atom is 0.269 e. The molecule has 2 aromatic carbocycles. The van der Waals surface area contributed by atoms with Crippen LogP contribution < -0.4 is 5.32 Å².